The standard InChI is InChI=1S/C33H44F3NO3.C30H40ClNO3.CH4/c1-19-20-8-10-30(5)24(29(20,4)18-22(37-7)27(19)40)16-23(38)26-21-17-28(2,3)12-14-32(21,15-13-31(26,30)6)25(39)9-11-33(34,35)36;1-17-18-8-9-28(5)22(27(18,4)16-20(32-7)24(17)34)14-21(33)23-19-15-26(2,3)10-12-30(19,25(31)35)13-11-29(23,28)6;/h18-21,24,26H,8-17H2,1-6H3;16-19,22-23H,8-15H2,1-6H3;1H4/t19-,20-,21-,24+,26-,29-,30+,31+,32-;17-,18-,19-,22+,23-,27-,28+,29+,30-;/m00./s1/i;;1T. The molecule has 418 valence electrons. The summed E-state index contributed by atoms with van der Waals surface area (Å²) in [7, 11) is 1.25. The predicted molar refractivity (Wildman–Crippen MR) is 288 cm³/mol. The average Bonchev–Trinajstić information content (AvgIpc) is 3.51. The molecule has 76 heavy (non-hydrogen) atoms. The molecule has 0 N–H and O–H groups in total. The Labute approximate surface area is 459 Å². The van der Waals surface area contributed by atoms with Crippen LogP contribution in [0.25, 0.3) is 9.69 Å². The third kappa shape index (κ3) is 8.16. The summed E-state index contributed by atoms with van der Waals surface area (Å²) in [5.74, 6) is -1.00. The van der Waals surface area contributed by atoms with Gasteiger partial charge in [-0.25, -0.2) is 9.69 Å². The summed E-state index contributed by atoms with van der Waals surface area (Å²) in [6, 6.07) is 0. The van der Waals surface area contributed by atoms with Crippen molar-refractivity contribution < 1.29 is 43.3 Å². The van der Waals surface area contributed by atoms with Gasteiger partial charge < -0.3 is 9.59 Å². The van der Waals surface area contributed by atoms with Crippen molar-refractivity contribution in [3.63, 3.8) is 0 Å². The second-order valence-corrected chi connectivity index (χ2v) is 30.1. The molecule has 0 aromatic heterocycles. The fourth-order valence-electron chi connectivity index (χ4n) is 21.1. The number of hydrogen-bond acceptors (Lipinski definition) is 6. The predicted octanol–water partition coefficient (Wildman–Crippen LogP) is 15.8. The lowest BCUT2D eigenvalue weighted by Gasteiger charge is -2.71. The van der Waals surface area contributed by atoms with Crippen LogP contribution < -0.4 is 0 Å². The molecule has 8 nitrogen and oxygen atoms in total. The maximum Gasteiger partial charge on any atom is 0.389 e. The molecule has 0 radical (unpaired) electrons. The summed E-state index contributed by atoms with van der Waals surface area (Å²) < 4.78 is 45.3. The Morgan fingerprint density at radius 3 is 1.36 bits per heavy atom. The second kappa shape index (κ2) is 18.6. The number of alkyl halides is 3. The summed E-state index contributed by atoms with van der Waals surface area (Å²) in [5.41, 5.74) is -2.84. The lowest BCUT2D eigenvalue weighted by molar-refractivity contribution is -0.219. The number of carbonyl (C=O) groups excluding carboxylic acids is 6. The maximum absolute atomic E-state index is 14.5. The molecule has 10 aliphatic carbocycles. The van der Waals surface area contributed by atoms with Gasteiger partial charge >= 0.3 is 6.18 Å². The quantitative estimate of drug-likeness (QED) is 0.205. The molecule has 0 heterocycles. The Morgan fingerprint density at radius 2 is 0.974 bits per heavy atom. The highest BCUT2D eigenvalue weighted by atomic mass is 35.5. The van der Waals surface area contributed by atoms with Gasteiger partial charge in [0, 0.05) is 55.1 Å². The minimum absolute atomic E-state index is 0.00740. The molecule has 0 aromatic carbocycles. The summed E-state index contributed by atoms with van der Waals surface area (Å²) >= 11 is 6.37. The molecular formula is C64H88ClF3N2O6. The van der Waals surface area contributed by atoms with E-state index in [1.54, 1.807) is 0 Å². The van der Waals surface area contributed by atoms with Gasteiger partial charge in [-0.1, -0.05) is 103 Å². The van der Waals surface area contributed by atoms with Gasteiger partial charge in [0.25, 0.3) is 0 Å². The smallest absolute Gasteiger partial charge is 0.308 e. The van der Waals surface area contributed by atoms with Gasteiger partial charge in [0.15, 0.2) is 11.6 Å². The Morgan fingerprint density at radius 1 is 0.605 bits per heavy atom. The lowest BCUT2D eigenvalue weighted by atomic mass is 9.32. The summed E-state index contributed by atoms with van der Waals surface area (Å²) in [5, 5.41) is -0.236. The first kappa shape index (κ1) is 57.3. The van der Waals surface area contributed by atoms with Gasteiger partial charge in [-0.05, 0) is 180 Å². The zero-order valence-corrected chi connectivity index (χ0v) is 48.8. The number of Topliss-reactive ketones (excluding diaryl/α,β-unsaturated/α-hetero) is 5. The van der Waals surface area contributed by atoms with E-state index in [0.717, 1.165) is 64.2 Å². The van der Waals surface area contributed by atoms with Crippen LogP contribution in [-0.4, -0.2) is 40.3 Å². The van der Waals surface area contributed by atoms with Crippen LogP contribution in [0.5, 0.6) is 0 Å². The van der Waals surface area contributed by atoms with Gasteiger partial charge in [0.05, 0.1) is 19.6 Å². The number of fused-ring (bicyclic) bond motifs is 14. The zero-order valence-electron chi connectivity index (χ0n) is 49.0. The summed E-state index contributed by atoms with van der Waals surface area (Å²) in [6.45, 7) is 41.6. The molecule has 0 spiro atoms. The molecule has 0 aliphatic heterocycles. The molecule has 10 rings (SSSR count). The molecule has 8 fully saturated rings. The first-order valence-corrected chi connectivity index (χ1v) is 29.0. The minimum Gasteiger partial charge on any atom is -0.308 e. The first-order valence-electron chi connectivity index (χ1n) is 29.7. The van der Waals surface area contributed by atoms with E-state index >= 15 is 0 Å². The van der Waals surface area contributed by atoms with Crippen molar-refractivity contribution in [2.24, 2.45) is 113 Å². The summed E-state index contributed by atoms with van der Waals surface area (Å²) in [6.07, 6.45) is 9.62. The fraction of sp³-hybridized carbons (Fsp3) is 0.812. The lowest BCUT2D eigenvalue weighted by Crippen LogP contribution is -2.68. The number of ketones is 5. The molecule has 0 bridgehead atoms. The van der Waals surface area contributed by atoms with Gasteiger partial charge in [-0.15, -0.1) is 0 Å². The molecule has 0 amide bonds. The van der Waals surface area contributed by atoms with Crippen LogP contribution in [0.4, 0.5) is 13.2 Å². The fourth-order valence-corrected chi connectivity index (χ4v) is 21.5. The third-order valence-corrected chi connectivity index (χ3v) is 26.2. The van der Waals surface area contributed by atoms with Crippen LogP contribution in [0, 0.1) is 126 Å². The highest BCUT2D eigenvalue weighted by molar-refractivity contribution is 6.64. The SMILES string of the molecule is [3H]C.[C-]#[N+]C1=C[C@]2(C)[C@H]3CC(=O)[C@@H]4[C@@H]5CC(C)(C)CC[C@]5(C(=O)CCC(F)(F)F)CC[C@@]4(C)[C@]3(C)CC[C@H]2[C@H](C)C1=O.[C-]#[N+]C1=C[C@]2(C)[C@H]3CC(=O)[C@@H]4[C@@H]5CC(C)(C)CC[C@]5(C(=O)Cl)CC[C@@]4(C)[C@]3(C)CC[C@H]2[C@H](C)C1=O. The maximum atomic E-state index is 14.5. The van der Waals surface area contributed by atoms with E-state index < -0.39 is 40.7 Å². The normalized spacial score (nSPS) is 47.7. The van der Waals surface area contributed by atoms with Crippen LogP contribution in [0.3, 0.4) is 0 Å². The number of nitrogens with zero attached hydrogens (tertiary/aromatic N) is 2. The van der Waals surface area contributed by atoms with Crippen molar-refractivity contribution >= 4 is 45.8 Å². The number of carbonyl (C=O) groups is 6. The first-order chi connectivity index (χ1) is 35.5. The minimum atomic E-state index is -4.38. The number of halogens is 4. The second-order valence-electron chi connectivity index (χ2n) is 29.8. The largest absolute Gasteiger partial charge is 0.389 e. The van der Waals surface area contributed by atoms with E-state index in [1.165, 1.54) is 7.40 Å². The van der Waals surface area contributed by atoms with Gasteiger partial charge in [0.2, 0.25) is 16.6 Å². The van der Waals surface area contributed by atoms with Crippen LogP contribution >= 0.6 is 11.6 Å². The molecular weight excluding hydrogens is 985 g/mol. The Balaban J connectivity index is 0.000000199. The van der Waals surface area contributed by atoms with Crippen molar-refractivity contribution in [2.45, 2.75) is 212 Å². The van der Waals surface area contributed by atoms with Crippen molar-refractivity contribution in [1.29, 1.82) is 0 Å². The van der Waals surface area contributed by atoms with Crippen molar-refractivity contribution in [3.8, 4) is 0 Å². The van der Waals surface area contributed by atoms with Crippen LogP contribution in [0.1, 0.15) is 207 Å². The highest BCUT2D eigenvalue weighted by Gasteiger charge is 2.74. The van der Waals surface area contributed by atoms with Crippen LogP contribution in [-0.2, 0) is 28.8 Å². The van der Waals surface area contributed by atoms with Crippen LogP contribution in [0.15, 0.2) is 23.5 Å². The van der Waals surface area contributed by atoms with E-state index in [0.29, 0.717) is 38.5 Å². The Kier molecular flexibility index (Phi) is 14.0. The Hall–Kier alpha value is -3.44. The van der Waals surface area contributed by atoms with E-state index in [9.17, 15) is 41.9 Å². The highest BCUT2D eigenvalue weighted by Crippen LogP contribution is 2.77. The number of rotatable bonds is 4. The van der Waals surface area contributed by atoms with Gasteiger partial charge in [-0.3, -0.25) is 19.2 Å². The molecule has 0 aromatic rings. The van der Waals surface area contributed by atoms with E-state index in [4.69, 9.17) is 26.1 Å². The molecule has 12 heteroatoms. The average molecular weight is 1080 g/mol. The molecule has 0 saturated heterocycles. The van der Waals surface area contributed by atoms with Gasteiger partial charge in [-0.2, -0.15) is 13.2 Å². The molecule has 0 unspecified atom stereocenters. The molecule has 18 atom stereocenters. The van der Waals surface area contributed by atoms with Crippen molar-refractivity contribution in [3.05, 3.63) is 46.4 Å². The number of hydrogen-bond donors (Lipinski definition) is 0. The number of allylic oxidation sites excluding steroid dienone is 4. The molecule has 10 aliphatic rings. The summed E-state index contributed by atoms with van der Waals surface area (Å²) in [4.78, 5) is 88.5. The van der Waals surface area contributed by atoms with Crippen molar-refractivity contribution in [2.75, 3.05) is 0 Å². The third-order valence-electron chi connectivity index (χ3n) is 25.8. The van der Waals surface area contributed by atoms with E-state index in [2.05, 4.69) is 78.9 Å². The van der Waals surface area contributed by atoms with Crippen molar-refractivity contribution in [1.82, 2.24) is 0 Å². The topological polar surface area (TPSA) is 111 Å². The Bertz CT molecular complexity index is 2670. The van der Waals surface area contributed by atoms with E-state index in [-0.39, 0.29) is 137 Å². The van der Waals surface area contributed by atoms with E-state index in [1.807, 2.05) is 26.0 Å². The van der Waals surface area contributed by atoms with Gasteiger partial charge in [0.1, 0.15) is 17.3 Å². The van der Waals surface area contributed by atoms with Crippen LogP contribution in [0.2, 0.25) is 0 Å². The zero-order chi connectivity index (χ0) is 57.4. The monoisotopic (exact) mass is 1070 g/mol. The molecule has 8 saturated carbocycles.